The van der Waals surface area contributed by atoms with Gasteiger partial charge in [-0.15, -0.1) is 0 Å². The first kappa shape index (κ1) is 18.7. The molecular formula is C17H23BrFN3O2. The van der Waals surface area contributed by atoms with Crippen LogP contribution in [-0.2, 0) is 16.1 Å². The fourth-order valence-electron chi connectivity index (χ4n) is 2.77. The zero-order valence-electron chi connectivity index (χ0n) is 14.0. The molecule has 0 saturated carbocycles. The van der Waals surface area contributed by atoms with Gasteiger partial charge in [-0.1, -0.05) is 15.9 Å². The Morgan fingerprint density at radius 3 is 2.79 bits per heavy atom. The first-order valence-electron chi connectivity index (χ1n) is 8.11. The quantitative estimate of drug-likeness (QED) is 0.480. The van der Waals surface area contributed by atoms with Gasteiger partial charge in [-0.05, 0) is 38.0 Å². The molecule has 1 fully saturated rings. The summed E-state index contributed by atoms with van der Waals surface area (Å²) in [6.07, 6.45) is 1.48. The predicted molar refractivity (Wildman–Crippen MR) is 95.2 cm³/mol. The van der Waals surface area contributed by atoms with Crippen LogP contribution >= 0.6 is 15.9 Å². The Bertz CT molecular complexity index is 601. The number of guanidine groups is 1. The van der Waals surface area contributed by atoms with E-state index in [1.165, 1.54) is 6.07 Å². The van der Waals surface area contributed by atoms with E-state index in [0.717, 1.165) is 36.4 Å². The van der Waals surface area contributed by atoms with Crippen LogP contribution in [0.25, 0.3) is 0 Å². The highest BCUT2D eigenvalue weighted by molar-refractivity contribution is 9.10. The molecule has 132 valence electrons. The molecule has 2 rings (SSSR count). The second kappa shape index (κ2) is 9.01. The van der Waals surface area contributed by atoms with Crippen molar-refractivity contribution < 1.29 is 13.9 Å². The molecule has 0 aromatic heterocycles. The van der Waals surface area contributed by atoms with Crippen LogP contribution < -0.4 is 5.32 Å². The number of carbonyl (C=O) groups excluding carboxylic acids is 1. The number of nitrogens with one attached hydrogen (secondary N) is 1. The number of hydrogen-bond donors (Lipinski definition) is 1. The summed E-state index contributed by atoms with van der Waals surface area (Å²) in [7, 11) is 1.71. The van der Waals surface area contributed by atoms with Crippen molar-refractivity contribution in [2.24, 2.45) is 10.9 Å². The number of carbonyl (C=O) groups is 1. The lowest BCUT2D eigenvalue weighted by Gasteiger charge is -2.33. The van der Waals surface area contributed by atoms with Crippen molar-refractivity contribution in [2.45, 2.75) is 26.3 Å². The standard InChI is InChI=1S/C17H23BrFN3O2/c1-3-24-16(23)12-6-8-22(9-7-12)17(20-2)21-11-13-10-14(18)4-5-15(13)19/h4-5,10,12H,3,6-9,11H2,1-2H3,(H,20,21). The number of ether oxygens (including phenoxy) is 1. The Hall–Kier alpha value is -1.63. The second-order valence-electron chi connectivity index (χ2n) is 5.65. The zero-order valence-corrected chi connectivity index (χ0v) is 15.6. The van der Waals surface area contributed by atoms with Crippen LogP contribution in [0.1, 0.15) is 25.3 Å². The van der Waals surface area contributed by atoms with Gasteiger partial charge in [0.2, 0.25) is 0 Å². The van der Waals surface area contributed by atoms with E-state index in [1.807, 2.05) is 6.92 Å². The van der Waals surface area contributed by atoms with E-state index in [2.05, 4.69) is 31.1 Å². The molecule has 24 heavy (non-hydrogen) atoms. The Morgan fingerprint density at radius 2 is 2.17 bits per heavy atom. The second-order valence-corrected chi connectivity index (χ2v) is 6.57. The molecule has 0 unspecified atom stereocenters. The lowest BCUT2D eigenvalue weighted by molar-refractivity contribution is -0.149. The number of hydrogen-bond acceptors (Lipinski definition) is 3. The SMILES string of the molecule is CCOC(=O)C1CCN(C(=NC)NCc2cc(Br)ccc2F)CC1. The van der Waals surface area contributed by atoms with Crippen molar-refractivity contribution in [3.63, 3.8) is 0 Å². The molecule has 0 atom stereocenters. The van der Waals surface area contributed by atoms with Crippen LogP contribution in [0.15, 0.2) is 27.7 Å². The monoisotopic (exact) mass is 399 g/mol. The van der Waals surface area contributed by atoms with Gasteiger partial charge in [0.1, 0.15) is 5.82 Å². The van der Waals surface area contributed by atoms with Crippen LogP contribution in [0.2, 0.25) is 0 Å². The number of nitrogens with zero attached hydrogens (tertiary/aromatic N) is 2. The van der Waals surface area contributed by atoms with E-state index in [-0.39, 0.29) is 17.7 Å². The number of likely N-dealkylation sites (tertiary alicyclic amines) is 1. The van der Waals surface area contributed by atoms with Gasteiger partial charge in [0, 0.05) is 36.7 Å². The number of esters is 1. The highest BCUT2D eigenvalue weighted by Crippen LogP contribution is 2.19. The van der Waals surface area contributed by atoms with Gasteiger partial charge in [-0.3, -0.25) is 9.79 Å². The van der Waals surface area contributed by atoms with Gasteiger partial charge in [0.25, 0.3) is 0 Å². The summed E-state index contributed by atoms with van der Waals surface area (Å²) in [6.45, 7) is 4.05. The van der Waals surface area contributed by atoms with Gasteiger partial charge < -0.3 is 15.0 Å². The van der Waals surface area contributed by atoms with Crippen molar-refractivity contribution in [2.75, 3.05) is 26.7 Å². The molecule has 0 bridgehead atoms. The maximum Gasteiger partial charge on any atom is 0.309 e. The Kier molecular flexibility index (Phi) is 7.02. The van der Waals surface area contributed by atoms with Crippen molar-refractivity contribution >= 4 is 27.9 Å². The van der Waals surface area contributed by atoms with E-state index < -0.39 is 0 Å². The van der Waals surface area contributed by atoms with Crippen molar-refractivity contribution in [3.05, 3.63) is 34.1 Å². The average Bonchev–Trinajstić information content (AvgIpc) is 2.59. The summed E-state index contributed by atoms with van der Waals surface area (Å²) >= 11 is 3.35. The van der Waals surface area contributed by atoms with Crippen molar-refractivity contribution in [1.29, 1.82) is 0 Å². The third-order valence-corrected chi connectivity index (χ3v) is 4.56. The smallest absolute Gasteiger partial charge is 0.309 e. The Balaban J connectivity index is 1.89. The van der Waals surface area contributed by atoms with E-state index in [9.17, 15) is 9.18 Å². The summed E-state index contributed by atoms with van der Waals surface area (Å²) in [6, 6.07) is 4.87. The number of rotatable bonds is 4. The molecule has 1 aromatic carbocycles. The highest BCUT2D eigenvalue weighted by atomic mass is 79.9. The number of benzene rings is 1. The largest absolute Gasteiger partial charge is 0.466 e. The Labute approximate surface area is 150 Å². The number of piperidine rings is 1. The Morgan fingerprint density at radius 1 is 1.46 bits per heavy atom. The zero-order chi connectivity index (χ0) is 17.5. The van der Waals surface area contributed by atoms with Crippen molar-refractivity contribution in [1.82, 2.24) is 10.2 Å². The summed E-state index contributed by atoms with van der Waals surface area (Å²) in [5.41, 5.74) is 0.576. The summed E-state index contributed by atoms with van der Waals surface area (Å²) in [5, 5.41) is 3.19. The maximum absolute atomic E-state index is 13.8. The minimum Gasteiger partial charge on any atom is -0.466 e. The molecule has 1 heterocycles. The van der Waals surface area contributed by atoms with Crippen LogP contribution in [0, 0.1) is 11.7 Å². The third kappa shape index (κ3) is 4.93. The fourth-order valence-corrected chi connectivity index (χ4v) is 3.18. The van der Waals surface area contributed by atoms with Crippen LogP contribution in [0.3, 0.4) is 0 Å². The van der Waals surface area contributed by atoms with Crippen LogP contribution in [0.4, 0.5) is 4.39 Å². The predicted octanol–water partition coefficient (Wildman–Crippen LogP) is 2.94. The lowest BCUT2D eigenvalue weighted by Crippen LogP contribution is -2.46. The van der Waals surface area contributed by atoms with Gasteiger partial charge in [0.15, 0.2) is 5.96 Å². The van der Waals surface area contributed by atoms with Gasteiger partial charge >= 0.3 is 5.97 Å². The van der Waals surface area contributed by atoms with Gasteiger partial charge in [0.05, 0.1) is 12.5 Å². The number of aliphatic imine (C=N–C) groups is 1. The molecule has 0 spiro atoms. The minimum atomic E-state index is -0.248. The molecule has 7 heteroatoms. The molecule has 1 aromatic rings. The average molecular weight is 400 g/mol. The van der Waals surface area contributed by atoms with Crippen molar-refractivity contribution in [3.8, 4) is 0 Å². The minimum absolute atomic E-state index is 0.0400. The topological polar surface area (TPSA) is 53.9 Å². The molecule has 1 N–H and O–H groups in total. The van der Waals surface area contributed by atoms with Crippen LogP contribution in [0.5, 0.6) is 0 Å². The van der Waals surface area contributed by atoms with E-state index in [1.54, 1.807) is 19.2 Å². The summed E-state index contributed by atoms with van der Waals surface area (Å²) in [4.78, 5) is 18.1. The van der Waals surface area contributed by atoms with Gasteiger partial charge in [-0.25, -0.2) is 4.39 Å². The highest BCUT2D eigenvalue weighted by Gasteiger charge is 2.27. The molecule has 1 saturated heterocycles. The normalized spacial score (nSPS) is 16.2. The number of halogens is 2. The first-order valence-corrected chi connectivity index (χ1v) is 8.90. The molecule has 1 aliphatic heterocycles. The van der Waals surface area contributed by atoms with Crippen LogP contribution in [-0.4, -0.2) is 43.6 Å². The fraction of sp³-hybridized carbons (Fsp3) is 0.529. The molecule has 1 aliphatic rings. The maximum atomic E-state index is 13.8. The molecule has 0 radical (unpaired) electrons. The lowest BCUT2D eigenvalue weighted by atomic mass is 9.97. The van der Waals surface area contributed by atoms with E-state index >= 15 is 0 Å². The summed E-state index contributed by atoms with van der Waals surface area (Å²) in [5.74, 6) is 0.317. The van der Waals surface area contributed by atoms with E-state index in [0.29, 0.717) is 18.7 Å². The molecule has 0 aliphatic carbocycles. The third-order valence-electron chi connectivity index (χ3n) is 4.07. The molecular weight excluding hydrogens is 377 g/mol. The van der Waals surface area contributed by atoms with Gasteiger partial charge in [-0.2, -0.15) is 0 Å². The first-order chi connectivity index (χ1) is 11.5. The molecule has 0 amide bonds. The molecule has 5 nitrogen and oxygen atoms in total. The summed E-state index contributed by atoms with van der Waals surface area (Å²) < 4.78 is 19.7. The van der Waals surface area contributed by atoms with E-state index in [4.69, 9.17) is 4.74 Å².